The lowest BCUT2D eigenvalue weighted by Gasteiger charge is -2.12. The Morgan fingerprint density at radius 3 is 2.84 bits per heavy atom. The normalized spacial score (nSPS) is 15.3. The molecule has 0 unspecified atom stereocenters. The predicted molar refractivity (Wildman–Crippen MR) is 99.0 cm³/mol. The van der Waals surface area contributed by atoms with Crippen molar-refractivity contribution in [1.82, 2.24) is 15.0 Å². The summed E-state index contributed by atoms with van der Waals surface area (Å²) in [5.41, 5.74) is 3.48. The van der Waals surface area contributed by atoms with Gasteiger partial charge in [0, 0.05) is 23.5 Å². The van der Waals surface area contributed by atoms with Crippen molar-refractivity contribution in [1.29, 1.82) is 0 Å². The number of anilines is 1. The lowest BCUT2D eigenvalue weighted by atomic mass is 10.1. The van der Waals surface area contributed by atoms with Crippen LogP contribution in [0.3, 0.4) is 0 Å². The van der Waals surface area contributed by atoms with Crippen molar-refractivity contribution in [3.8, 4) is 5.88 Å². The maximum absolute atomic E-state index is 10.1. The van der Waals surface area contributed by atoms with Crippen molar-refractivity contribution >= 4 is 29.6 Å². The molecule has 1 atom stereocenters. The van der Waals surface area contributed by atoms with Gasteiger partial charge in [0.15, 0.2) is 5.82 Å². The van der Waals surface area contributed by atoms with E-state index in [-0.39, 0.29) is 11.9 Å². The Morgan fingerprint density at radius 1 is 1.16 bits per heavy atom. The lowest BCUT2D eigenvalue weighted by Crippen LogP contribution is -2.07. The van der Waals surface area contributed by atoms with Crippen molar-refractivity contribution < 1.29 is 5.11 Å². The zero-order valence-corrected chi connectivity index (χ0v) is 13.6. The Kier molecular flexibility index (Phi) is 3.78. The highest BCUT2D eigenvalue weighted by Gasteiger charge is 2.15. The van der Waals surface area contributed by atoms with Crippen LogP contribution < -0.4 is 5.32 Å². The van der Waals surface area contributed by atoms with E-state index in [9.17, 15) is 5.11 Å². The summed E-state index contributed by atoms with van der Waals surface area (Å²) >= 11 is 0. The molecule has 0 fully saturated rings. The minimum absolute atomic E-state index is 0.0546. The Bertz CT molecular complexity index is 959. The lowest BCUT2D eigenvalue weighted by molar-refractivity contribution is 0.455. The van der Waals surface area contributed by atoms with Gasteiger partial charge in [0.2, 0.25) is 11.8 Å². The molecule has 1 aromatic carbocycles. The molecule has 0 spiro atoms. The molecule has 1 aliphatic rings. The van der Waals surface area contributed by atoms with Crippen molar-refractivity contribution in [2.24, 2.45) is 4.99 Å². The van der Waals surface area contributed by atoms with Crippen LogP contribution in [0, 0.1) is 0 Å². The molecule has 1 aliphatic heterocycles. The van der Waals surface area contributed by atoms with Gasteiger partial charge in [-0.05, 0) is 30.7 Å². The molecule has 0 saturated heterocycles. The fraction of sp³-hybridized carbons (Fsp3) is 0.105. The number of aromatic nitrogens is 3. The monoisotopic (exact) mass is 331 g/mol. The Hall–Kier alpha value is -3.41. The number of hydrogen-bond donors (Lipinski definition) is 3. The van der Waals surface area contributed by atoms with E-state index < -0.39 is 0 Å². The maximum atomic E-state index is 10.1. The summed E-state index contributed by atoms with van der Waals surface area (Å²) in [5, 5.41) is 13.4. The number of pyridine rings is 1. The van der Waals surface area contributed by atoms with Crippen LogP contribution in [0.1, 0.15) is 29.8 Å². The number of aromatic amines is 1. The highest BCUT2D eigenvalue weighted by molar-refractivity contribution is 6.20. The van der Waals surface area contributed by atoms with Gasteiger partial charge in [-0.25, -0.2) is 9.98 Å². The van der Waals surface area contributed by atoms with Gasteiger partial charge in [-0.3, -0.25) is 0 Å². The molecule has 0 saturated carbocycles. The van der Waals surface area contributed by atoms with E-state index in [1.807, 2.05) is 55.5 Å². The summed E-state index contributed by atoms with van der Waals surface area (Å²) in [7, 11) is 0. The second kappa shape index (κ2) is 6.24. The molecule has 0 amide bonds. The molecule has 4 rings (SSSR count). The van der Waals surface area contributed by atoms with Crippen LogP contribution in [0.5, 0.6) is 5.88 Å². The number of nitrogens with one attached hydrogen (secondary N) is 2. The van der Waals surface area contributed by atoms with Gasteiger partial charge >= 0.3 is 0 Å². The van der Waals surface area contributed by atoms with Crippen LogP contribution >= 0.6 is 0 Å². The number of H-pyrrole nitrogens is 1. The number of imidazole rings is 1. The average molecular weight is 331 g/mol. The van der Waals surface area contributed by atoms with E-state index >= 15 is 0 Å². The first-order valence-electron chi connectivity index (χ1n) is 8.02. The molecule has 2 aromatic heterocycles. The fourth-order valence-corrected chi connectivity index (χ4v) is 2.77. The minimum Gasteiger partial charge on any atom is -0.492 e. The number of hydrogen-bond acceptors (Lipinski definition) is 5. The molecular formula is C19H17N5O. The van der Waals surface area contributed by atoms with Crippen LogP contribution in [-0.2, 0) is 0 Å². The van der Waals surface area contributed by atoms with Gasteiger partial charge in [0.25, 0.3) is 0 Å². The third-order valence-corrected chi connectivity index (χ3v) is 4.09. The topological polar surface area (TPSA) is 86.2 Å². The van der Waals surface area contributed by atoms with E-state index in [4.69, 9.17) is 0 Å². The minimum atomic E-state index is -0.0546. The largest absolute Gasteiger partial charge is 0.492 e. The zero-order chi connectivity index (χ0) is 17.2. The van der Waals surface area contributed by atoms with Crippen molar-refractivity contribution in [3.63, 3.8) is 0 Å². The highest BCUT2D eigenvalue weighted by atomic mass is 16.3. The molecule has 124 valence electrons. The zero-order valence-electron chi connectivity index (χ0n) is 13.6. The molecule has 0 radical (unpaired) electrons. The molecular weight excluding hydrogens is 314 g/mol. The number of fused-ring (bicyclic) bond motifs is 1. The molecule has 3 aromatic rings. The first kappa shape index (κ1) is 15.1. The number of aromatic hydroxyl groups is 1. The third-order valence-electron chi connectivity index (χ3n) is 4.09. The van der Waals surface area contributed by atoms with Gasteiger partial charge in [0.05, 0.1) is 6.04 Å². The summed E-state index contributed by atoms with van der Waals surface area (Å²) in [4.78, 5) is 15.7. The Labute approximate surface area is 145 Å². The first-order valence-corrected chi connectivity index (χ1v) is 8.02. The van der Waals surface area contributed by atoms with Gasteiger partial charge in [-0.1, -0.05) is 30.3 Å². The van der Waals surface area contributed by atoms with E-state index in [0.29, 0.717) is 17.5 Å². The van der Waals surface area contributed by atoms with E-state index in [1.165, 1.54) is 0 Å². The van der Waals surface area contributed by atoms with Crippen LogP contribution in [0.15, 0.2) is 53.7 Å². The van der Waals surface area contributed by atoms with Gasteiger partial charge in [0.1, 0.15) is 5.69 Å². The van der Waals surface area contributed by atoms with E-state index in [1.54, 1.807) is 12.4 Å². The smallest absolute Gasteiger partial charge is 0.238 e. The number of nitrogens with zero attached hydrogens (tertiary/aromatic N) is 3. The van der Waals surface area contributed by atoms with Gasteiger partial charge < -0.3 is 15.4 Å². The van der Waals surface area contributed by atoms with Gasteiger partial charge in [-0.15, -0.1) is 0 Å². The summed E-state index contributed by atoms with van der Waals surface area (Å²) in [6, 6.07) is 13.9. The molecule has 25 heavy (non-hydrogen) atoms. The van der Waals surface area contributed by atoms with Crippen molar-refractivity contribution in [2.45, 2.75) is 13.0 Å². The second-order valence-electron chi connectivity index (χ2n) is 5.83. The van der Waals surface area contributed by atoms with Crippen LogP contribution in [0.4, 0.5) is 11.8 Å². The Balaban J connectivity index is 1.58. The number of aliphatic imine (C=N–C) groups is 1. The van der Waals surface area contributed by atoms with Crippen LogP contribution in [0.25, 0.3) is 11.6 Å². The van der Waals surface area contributed by atoms with Crippen molar-refractivity contribution in [3.05, 3.63) is 65.5 Å². The summed E-state index contributed by atoms with van der Waals surface area (Å²) in [6.45, 7) is 2.04. The third kappa shape index (κ3) is 3.01. The fourth-order valence-electron chi connectivity index (χ4n) is 2.77. The van der Waals surface area contributed by atoms with Crippen LogP contribution in [0.2, 0.25) is 0 Å². The molecule has 0 aliphatic carbocycles. The quantitative estimate of drug-likeness (QED) is 0.676. The van der Waals surface area contributed by atoms with Crippen molar-refractivity contribution in [2.75, 3.05) is 5.32 Å². The van der Waals surface area contributed by atoms with E-state index in [0.717, 1.165) is 16.7 Å². The molecule has 6 heteroatoms. The standard InChI is InChI=1S/C19H17N5O/c1-12(13-6-3-2-4-7-13)22-19-23-16(18(25)24-19)10-14-11-21-17-15(14)8-5-9-20-17/h2-12,25H,1H3,(H2,22,23,24)/t12-/m1/s1. The Morgan fingerprint density at radius 2 is 2.00 bits per heavy atom. The summed E-state index contributed by atoms with van der Waals surface area (Å²) in [6.07, 6.45) is 5.26. The molecule has 6 nitrogen and oxygen atoms in total. The highest BCUT2D eigenvalue weighted by Crippen LogP contribution is 2.31. The number of rotatable bonds is 4. The molecule has 3 N–H and O–H groups in total. The number of allylic oxidation sites excluding steroid dienone is 1. The van der Waals surface area contributed by atoms with Crippen LogP contribution in [-0.4, -0.2) is 26.3 Å². The second-order valence-corrected chi connectivity index (χ2v) is 5.83. The van der Waals surface area contributed by atoms with Gasteiger partial charge in [-0.2, -0.15) is 4.98 Å². The maximum Gasteiger partial charge on any atom is 0.238 e. The molecule has 0 bridgehead atoms. The summed E-state index contributed by atoms with van der Waals surface area (Å²) < 4.78 is 0. The first-order chi connectivity index (χ1) is 12.2. The SMILES string of the molecule is C[C@@H](Nc1nc(O)c(C=C2C=Nc3ncccc32)[nH]1)c1ccccc1. The predicted octanol–water partition coefficient (Wildman–Crippen LogP) is 3.94. The average Bonchev–Trinajstić information content (AvgIpc) is 3.20. The van der Waals surface area contributed by atoms with E-state index in [2.05, 4.69) is 25.3 Å². The number of benzene rings is 1. The summed E-state index contributed by atoms with van der Waals surface area (Å²) in [5.74, 6) is 1.15. The molecule has 3 heterocycles.